The highest BCUT2D eigenvalue weighted by Gasteiger charge is 2.42. The van der Waals surface area contributed by atoms with E-state index in [0.717, 1.165) is 56.8 Å². The van der Waals surface area contributed by atoms with Crippen LogP contribution in [0.3, 0.4) is 0 Å². The van der Waals surface area contributed by atoms with E-state index in [1.54, 1.807) is 0 Å². The van der Waals surface area contributed by atoms with Crippen molar-refractivity contribution in [2.45, 2.75) is 56.8 Å². The molecule has 1 aromatic carbocycles. The third kappa shape index (κ3) is 4.50. The van der Waals surface area contributed by atoms with Crippen molar-refractivity contribution in [3.63, 3.8) is 0 Å². The SMILES string of the molecule is C[C@H]1CCCN1CCCOc1ccc(C2OC3(CCNCC3)CNC2=O)cc1. The van der Waals surface area contributed by atoms with Crippen LogP contribution in [-0.2, 0) is 9.53 Å². The van der Waals surface area contributed by atoms with Gasteiger partial charge in [-0.25, -0.2) is 0 Å². The number of morpholine rings is 1. The molecule has 1 unspecified atom stereocenters. The second kappa shape index (κ2) is 8.80. The zero-order valence-electron chi connectivity index (χ0n) is 16.9. The van der Waals surface area contributed by atoms with Crippen LogP contribution in [0.2, 0.25) is 0 Å². The highest BCUT2D eigenvalue weighted by atomic mass is 16.5. The molecule has 28 heavy (non-hydrogen) atoms. The molecule has 2 N–H and O–H groups in total. The van der Waals surface area contributed by atoms with Crippen molar-refractivity contribution in [1.29, 1.82) is 0 Å². The fourth-order valence-corrected chi connectivity index (χ4v) is 4.60. The summed E-state index contributed by atoms with van der Waals surface area (Å²) < 4.78 is 12.2. The minimum atomic E-state index is -0.530. The topological polar surface area (TPSA) is 62.8 Å². The first-order valence-corrected chi connectivity index (χ1v) is 10.8. The molecular weight excluding hydrogens is 354 g/mol. The summed E-state index contributed by atoms with van der Waals surface area (Å²) in [5.74, 6) is 0.809. The van der Waals surface area contributed by atoms with E-state index < -0.39 is 6.10 Å². The van der Waals surface area contributed by atoms with E-state index in [9.17, 15) is 4.79 Å². The molecule has 6 heteroatoms. The number of amides is 1. The molecule has 3 fully saturated rings. The summed E-state index contributed by atoms with van der Waals surface area (Å²) in [6.07, 6.45) is 5.00. The second-order valence-electron chi connectivity index (χ2n) is 8.45. The fraction of sp³-hybridized carbons (Fsp3) is 0.682. The minimum absolute atomic E-state index is 0.0439. The van der Waals surface area contributed by atoms with Crippen LogP contribution in [0.15, 0.2) is 24.3 Å². The predicted octanol–water partition coefficient (Wildman–Crippen LogP) is 2.25. The molecule has 6 nitrogen and oxygen atoms in total. The van der Waals surface area contributed by atoms with Gasteiger partial charge in [0.25, 0.3) is 5.91 Å². The smallest absolute Gasteiger partial charge is 0.253 e. The summed E-state index contributed by atoms with van der Waals surface area (Å²) in [5, 5.41) is 6.41. The van der Waals surface area contributed by atoms with Gasteiger partial charge in [0.05, 0.1) is 12.2 Å². The molecule has 1 aromatic rings. The van der Waals surface area contributed by atoms with Gasteiger partial charge < -0.3 is 25.0 Å². The van der Waals surface area contributed by atoms with E-state index in [4.69, 9.17) is 9.47 Å². The maximum absolute atomic E-state index is 12.4. The Morgan fingerprint density at radius 3 is 2.75 bits per heavy atom. The summed E-state index contributed by atoms with van der Waals surface area (Å²) in [5.41, 5.74) is 0.666. The lowest BCUT2D eigenvalue weighted by Gasteiger charge is -2.43. The third-order valence-corrected chi connectivity index (χ3v) is 6.44. The van der Waals surface area contributed by atoms with E-state index >= 15 is 0 Å². The molecule has 154 valence electrons. The molecule has 0 aromatic heterocycles. The molecule has 0 saturated carbocycles. The lowest BCUT2D eigenvalue weighted by Crippen LogP contribution is -2.57. The number of hydrogen-bond acceptors (Lipinski definition) is 5. The van der Waals surface area contributed by atoms with Gasteiger partial charge in [-0.3, -0.25) is 4.79 Å². The molecule has 1 amide bonds. The van der Waals surface area contributed by atoms with Gasteiger partial charge in [-0.1, -0.05) is 12.1 Å². The Hall–Kier alpha value is -1.63. The van der Waals surface area contributed by atoms with E-state index in [-0.39, 0.29) is 11.5 Å². The number of carbonyl (C=O) groups excluding carboxylic acids is 1. The van der Waals surface area contributed by atoms with Gasteiger partial charge in [0, 0.05) is 19.1 Å². The number of benzene rings is 1. The molecule has 3 heterocycles. The van der Waals surface area contributed by atoms with Crippen molar-refractivity contribution < 1.29 is 14.3 Å². The first-order chi connectivity index (χ1) is 13.7. The van der Waals surface area contributed by atoms with Crippen molar-refractivity contribution in [3.05, 3.63) is 29.8 Å². The normalized spacial score (nSPS) is 27.7. The number of carbonyl (C=O) groups is 1. The zero-order chi connectivity index (χ0) is 19.4. The Balaban J connectivity index is 1.29. The average Bonchev–Trinajstić information content (AvgIpc) is 3.13. The summed E-state index contributed by atoms with van der Waals surface area (Å²) in [6, 6.07) is 8.54. The molecule has 2 atom stereocenters. The summed E-state index contributed by atoms with van der Waals surface area (Å²) in [6.45, 7) is 7.84. The van der Waals surface area contributed by atoms with Crippen LogP contribution in [0.1, 0.15) is 50.7 Å². The van der Waals surface area contributed by atoms with Gasteiger partial charge >= 0.3 is 0 Å². The molecule has 0 bridgehead atoms. The molecule has 0 aliphatic carbocycles. The predicted molar refractivity (Wildman–Crippen MR) is 108 cm³/mol. The van der Waals surface area contributed by atoms with Gasteiger partial charge in [-0.2, -0.15) is 0 Å². The van der Waals surface area contributed by atoms with E-state index in [2.05, 4.69) is 22.5 Å². The number of likely N-dealkylation sites (tertiary alicyclic amines) is 1. The van der Waals surface area contributed by atoms with Crippen LogP contribution in [0.25, 0.3) is 0 Å². The maximum Gasteiger partial charge on any atom is 0.253 e. The number of rotatable bonds is 6. The highest BCUT2D eigenvalue weighted by Crippen LogP contribution is 2.34. The van der Waals surface area contributed by atoms with Gasteiger partial charge in [-0.05, 0) is 76.4 Å². The molecule has 4 rings (SSSR count). The van der Waals surface area contributed by atoms with Crippen LogP contribution in [-0.4, -0.2) is 61.8 Å². The van der Waals surface area contributed by atoms with E-state index in [1.807, 2.05) is 24.3 Å². The monoisotopic (exact) mass is 387 g/mol. The molecule has 3 saturated heterocycles. The summed E-state index contributed by atoms with van der Waals surface area (Å²) in [4.78, 5) is 14.9. The first-order valence-electron chi connectivity index (χ1n) is 10.8. The van der Waals surface area contributed by atoms with Crippen LogP contribution in [0.4, 0.5) is 0 Å². The molecule has 1 spiro atoms. The molecular formula is C22H33N3O3. The Morgan fingerprint density at radius 1 is 1.25 bits per heavy atom. The quantitative estimate of drug-likeness (QED) is 0.733. The third-order valence-electron chi connectivity index (χ3n) is 6.44. The highest BCUT2D eigenvalue weighted by molar-refractivity contribution is 5.83. The summed E-state index contributed by atoms with van der Waals surface area (Å²) in [7, 11) is 0. The van der Waals surface area contributed by atoms with Crippen LogP contribution in [0.5, 0.6) is 5.75 Å². The Bertz CT molecular complexity index is 657. The Morgan fingerprint density at radius 2 is 2.04 bits per heavy atom. The standard InChI is InChI=1S/C22H33N3O3/c1-17-4-2-13-25(17)14-3-15-27-19-7-5-18(6-8-19)20-21(26)24-16-22(28-20)9-11-23-12-10-22/h5-8,17,20,23H,2-4,9-16H2,1H3,(H,24,26)/t17-,20?/m0/s1. The van der Waals surface area contributed by atoms with Crippen LogP contribution >= 0.6 is 0 Å². The molecule has 0 radical (unpaired) electrons. The van der Waals surface area contributed by atoms with Crippen molar-refractivity contribution >= 4 is 5.91 Å². The molecule has 3 aliphatic rings. The number of hydrogen-bond donors (Lipinski definition) is 2. The maximum atomic E-state index is 12.4. The van der Waals surface area contributed by atoms with Crippen LogP contribution < -0.4 is 15.4 Å². The zero-order valence-corrected chi connectivity index (χ0v) is 16.9. The Labute approximate surface area is 168 Å². The average molecular weight is 388 g/mol. The number of piperidine rings is 1. The van der Waals surface area contributed by atoms with Crippen molar-refractivity contribution in [2.24, 2.45) is 0 Å². The van der Waals surface area contributed by atoms with Gasteiger partial charge in [-0.15, -0.1) is 0 Å². The van der Waals surface area contributed by atoms with Crippen molar-refractivity contribution in [2.75, 3.05) is 39.3 Å². The van der Waals surface area contributed by atoms with Crippen molar-refractivity contribution in [1.82, 2.24) is 15.5 Å². The fourth-order valence-electron chi connectivity index (χ4n) is 4.60. The van der Waals surface area contributed by atoms with E-state index in [1.165, 1.54) is 19.4 Å². The van der Waals surface area contributed by atoms with Crippen LogP contribution in [0, 0.1) is 0 Å². The Kier molecular flexibility index (Phi) is 6.19. The van der Waals surface area contributed by atoms with Gasteiger partial charge in [0.1, 0.15) is 5.75 Å². The van der Waals surface area contributed by atoms with Gasteiger partial charge in [0.2, 0.25) is 0 Å². The lowest BCUT2D eigenvalue weighted by molar-refractivity contribution is -0.167. The first kappa shape index (κ1) is 19.7. The number of nitrogens with zero attached hydrogens (tertiary/aromatic N) is 1. The van der Waals surface area contributed by atoms with E-state index in [0.29, 0.717) is 12.6 Å². The largest absolute Gasteiger partial charge is 0.494 e. The number of nitrogens with one attached hydrogen (secondary N) is 2. The second-order valence-corrected chi connectivity index (χ2v) is 8.45. The lowest BCUT2D eigenvalue weighted by atomic mass is 9.89. The summed E-state index contributed by atoms with van der Waals surface area (Å²) >= 11 is 0. The number of ether oxygens (including phenoxy) is 2. The molecule has 3 aliphatic heterocycles. The minimum Gasteiger partial charge on any atom is -0.494 e. The van der Waals surface area contributed by atoms with Crippen molar-refractivity contribution in [3.8, 4) is 5.75 Å². The van der Waals surface area contributed by atoms with Gasteiger partial charge in [0.15, 0.2) is 6.10 Å².